The highest BCUT2D eigenvalue weighted by Crippen LogP contribution is 2.28. The van der Waals surface area contributed by atoms with Crippen LogP contribution in [0.25, 0.3) is 33.9 Å². The highest BCUT2D eigenvalue weighted by molar-refractivity contribution is 5.71. The number of nitriles is 1. The average Bonchev–Trinajstić information content (AvgIpc) is 3.24. The third-order valence-corrected chi connectivity index (χ3v) is 5.14. The monoisotopic (exact) mass is 423 g/mol. The van der Waals surface area contributed by atoms with Crippen LogP contribution in [0.2, 0.25) is 0 Å². The van der Waals surface area contributed by atoms with Gasteiger partial charge in [-0.05, 0) is 34.9 Å². The maximum Gasteiger partial charge on any atom is 0.169 e. The topological polar surface area (TPSA) is 67.4 Å². The molecule has 2 aliphatic rings. The fourth-order valence-corrected chi connectivity index (χ4v) is 3.58. The van der Waals surface area contributed by atoms with E-state index >= 15 is 0 Å². The van der Waals surface area contributed by atoms with Crippen molar-refractivity contribution in [2.24, 2.45) is 0 Å². The van der Waals surface area contributed by atoms with Crippen molar-refractivity contribution in [3.63, 3.8) is 0 Å². The summed E-state index contributed by atoms with van der Waals surface area (Å²) in [4.78, 5) is 8.61. The second kappa shape index (κ2) is 8.00. The first-order chi connectivity index (χ1) is 15.6. The molecule has 0 spiro atoms. The lowest BCUT2D eigenvalue weighted by Crippen LogP contribution is -2.06. The van der Waals surface area contributed by atoms with Gasteiger partial charge in [0.15, 0.2) is 17.5 Å². The lowest BCUT2D eigenvalue weighted by atomic mass is 9.98. The molecule has 0 aliphatic carbocycles. The van der Waals surface area contributed by atoms with E-state index in [2.05, 4.69) is 21.1 Å². The molecular formula is C25H15F2N5. The van der Waals surface area contributed by atoms with Crippen molar-refractivity contribution < 1.29 is 8.78 Å². The number of hydrogen-bond donors (Lipinski definition) is 0. The molecule has 3 aromatic rings. The predicted molar refractivity (Wildman–Crippen MR) is 115 cm³/mol. The van der Waals surface area contributed by atoms with Gasteiger partial charge in [-0.2, -0.15) is 10.4 Å². The second-order valence-electron chi connectivity index (χ2n) is 7.25. The molecular weight excluding hydrogens is 408 g/mol. The smallest absolute Gasteiger partial charge is 0.169 e. The summed E-state index contributed by atoms with van der Waals surface area (Å²) in [5.74, 6) is -1.82. The van der Waals surface area contributed by atoms with Gasteiger partial charge >= 0.3 is 0 Å². The van der Waals surface area contributed by atoms with E-state index in [9.17, 15) is 14.0 Å². The highest BCUT2D eigenvalue weighted by Gasteiger charge is 2.18. The van der Waals surface area contributed by atoms with Crippen molar-refractivity contribution in [2.45, 2.75) is 6.54 Å². The third-order valence-electron chi connectivity index (χ3n) is 5.14. The van der Waals surface area contributed by atoms with E-state index in [1.807, 2.05) is 48.5 Å². The Morgan fingerprint density at radius 1 is 0.875 bits per heavy atom. The van der Waals surface area contributed by atoms with Gasteiger partial charge in [-0.3, -0.25) is 4.68 Å². The Labute approximate surface area is 182 Å². The molecule has 0 bridgehead atoms. The van der Waals surface area contributed by atoms with Crippen LogP contribution < -0.4 is 0 Å². The number of benzene rings is 3. The summed E-state index contributed by atoms with van der Waals surface area (Å²) in [7, 11) is 0. The van der Waals surface area contributed by atoms with E-state index in [1.165, 1.54) is 18.3 Å². The maximum atomic E-state index is 14.1. The lowest BCUT2D eigenvalue weighted by Gasteiger charge is -2.09. The molecule has 2 aliphatic heterocycles. The number of hydrogen-bond acceptors (Lipinski definition) is 4. The zero-order valence-electron chi connectivity index (χ0n) is 16.7. The Bertz CT molecular complexity index is 1440. The summed E-state index contributed by atoms with van der Waals surface area (Å²) in [5.41, 5.74) is 4.32. The summed E-state index contributed by atoms with van der Waals surface area (Å²) in [5, 5.41) is 14.0. The summed E-state index contributed by atoms with van der Waals surface area (Å²) >= 11 is 0. The molecule has 2 heterocycles. The number of rotatable bonds is 4. The fourth-order valence-electron chi connectivity index (χ4n) is 3.58. The molecule has 0 N–H and O–H groups in total. The Morgan fingerprint density at radius 2 is 1.69 bits per heavy atom. The van der Waals surface area contributed by atoms with Crippen LogP contribution in [0.5, 0.6) is 0 Å². The molecule has 154 valence electrons. The molecule has 0 radical (unpaired) electrons. The minimum absolute atomic E-state index is 0.00270. The van der Waals surface area contributed by atoms with E-state index in [4.69, 9.17) is 0 Å². The Morgan fingerprint density at radius 3 is 2.50 bits per heavy atom. The van der Waals surface area contributed by atoms with Gasteiger partial charge in [-0.1, -0.05) is 48.5 Å². The highest BCUT2D eigenvalue weighted by atomic mass is 19.2. The van der Waals surface area contributed by atoms with Gasteiger partial charge in [0.2, 0.25) is 0 Å². The van der Waals surface area contributed by atoms with Crippen molar-refractivity contribution in [1.29, 1.82) is 5.26 Å². The standard InChI is InChI=1S/C25H15F2N5/c26-21-8-4-7-20(24(21)27)25-30-22-13-29-32(15-23(22)31-25)14-16-9-10-19(18(11-16)12-28)17-5-2-1-3-6-17/h1-11,13,15H,14H2. The van der Waals surface area contributed by atoms with Crippen LogP contribution in [0.3, 0.4) is 0 Å². The van der Waals surface area contributed by atoms with Crippen LogP contribution in [0.15, 0.2) is 79.1 Å². The molecule has 5 nitrogen and oxygen atoms in total. The lowest BCUT2D eigenvalue weighted by molar-refractivity contribution is 0.510. The molecule has 0 atom stereocenters. The Kier molecular flexibility index (Phi) is 4.88. The molecule has 32 heavy (non-hydrogen) atoms. The van der Waals surface area contributed by atoms with Crippen LogP contribution in [-0.2, 0) is 6.54 Å². The van der Waals surface area contributed by atoms with Crippen LogP contribution in [0.4, 0.5) is 8.78 Å². The van der Waals surface area contributed by atoms with Gasteiger partial charge in [0.05, 0.1) is 36.1 Å². The van der Waals surface area contributed by atoms with Crippen molar-refractivity contribution in [3.05, 3.63) is 102 Å². The molecule has 0 saturated carbocycles. The van der Waals surface area contributed by atoms with Crippen molar-refractivity contribution in [1.82, 2.24) is 19.7 Å². The van der Waals surface area contributed by atoms with Crippen molar-refractivity contribution in [2.75, 3.05) is 0 Å². The Hall–Kier alpha value is -4.44. The van der Waals surface area contributed by atoms with Gasteiger partial charge < -0.3 is 0 Å². The van der Waals surface area contributed by atoms with Gasteiger partial charge in [0.25, 0.3) is 0 Å². The summed E-state index contributed by atoms with van der Waals surface area (Å²) < 4.78 is 29.3. The van der Waals surface area contributed by atoms with Crippen LogP contribution in [0.1, 0.15) is 11.1 Å². The Balaban J connectivity index is 1.46. The molecule has 5 rings (SSSR count). The number of nitrogens with zero attached hydrogens (tertiary/aromatic N) is 5. The minimum Gasteiger partial charge on any atom is -0.266 e. The van der Waals surface area contributed by atoms with E-state index in [0.29, 0.717) is 23.5 Å². The van der Waals surface area contributed by atoms with Gasteiger partial charge in [0, 0.05) is 0 Å². The molecule has 0 fully saturated rings. The minimum atomic E-state index is -0.980. The normalized spacial score (nSPS) is 10.9. The van der Waals surface area contributed by atoms with Crippen molar-refractivity contribution >= 4 is 0 Å². The zero-order chi connectivity index (χ0) is 22.1. The molecule has 7 heteroatoms. The first kappa shape index (κ1) is 19.5. The first-order valence-corrected chi connectivity index (χ1v) is 9.85. The molecule has 0 amide bonds. The number of fused-ring (bicyclic) bond motifs is 1. The summed E-state index contributed by atoms with van der Waals surface area (Å²) in [6, 6.07) is 21.6. The maximum absolute atomic E-state index is 14.1. The first-order valence-electron chi connectivity index (χ1n) is 9.85. The van der Waals surface area contributed by atoms with Crippen molar-refractivity contribution in [3.8, 4) is 40.0 Å². The summed E-state index contributed by atoms with van der Waals surface area (Å²) in [6.45, 7) is 0.413. The van der Waals surface area contributed by atoms with E-state index in [0.717, 1.165) is 22.8 Å². The predicted octanol–water partition coefficient (Wildman–Crippen LogP) is 5.31. The van der Waals surface area contributed by atoms with Crippen LogP contribution >= 0.6 is 0 Å². The largest absolute Gasteiger partial charge is 0.266 e. The zero-order valence-corrected chi connectivity index (χ0v) is 16.7. The van der Waals surface area contributed by atoms with Gasteiger partial charge in [-0.15, -0.1) is 0 Å². The van der Waals surface area contributed by atoms with Gasteiger partial charge in [0.1, 0.15) is 11.4 Å². The summed E-state index contributed by atoms with van der Waals surface area (Å²) in [6.07, 6.45) is 3.23. The molecule has 3 aromatic carbocycles. The SMILES string of the molecule is N#Cc1cc(Cn2cc3nc(-c4cccc(F)c4F)nc-3cn2)ccc1-c1ccccc1. The van der Waals surface area contributed by atoms with Crippen LogP contribution in [0, 0.1) is 23.0 Å². The third kappa shape index (κ3) is 3.59. The van der Waals surface area contributed by atoms with E-state index < -0.39 is 11.6 Å². The van der Waals surface area contributed by atoms with E-state index in [1.54, 1.807) is 10.9 Å². The number of halogens is 2. The number of imidazole rings is 1. The quantitative estimate of drug-likeness (QED) is 0.393. The molecule has 0 aromatic heterocycles. The van der Waals surface area contributed by atoms with Crippen LogP contribution in [-0.4, -0.2) is 19.7 Å². The molecule has 0 unspecified atom stereocenters. The average molecular weight is 423 g/mol. The van der Waals surface area contributed by atoms with E-state index in [-0.39, 0.29) is 11.4 Å². The second-order valence-corrected chi connectivity index (χ2v) is 7.25. The van der Waals surface area contributed by atoms with Gasteiger partial charge in [-0.25, -0.2) is 18.7 Å². The molecule has 0 saturated heterocycles. The fraction of sp³-hybridized carbons (Fsp3) is 0.0400. The number of aromatic nitrogens is 4.